The largest absolute Gasteiger partial charge is 0.497 e. The first-order valence-corrected chi connectivity index (χ1v) is 10.2. The maximum Gasteiger partial charge on any atom is 0.171 e. The molecule has 2 atom stereocenters. The van der Waals surface area contributed by atoms with Crippen molar-refractivity contribution in [2.24, 2.45) is 0 Å². The lowest BCUT2D eigenvalue weighted by molar-refractivity contribution is 0.0973. The number of likely N-dealkylation sites (N-methyl/N-ethyl adjacent to an activating group) is 1. The van der Waals surface area contributed by atoms with E-state index in [-0.39, 0.29) is 12.1 Å². The third-order valence-corrected chi connectivity index (χ3v) is 5.47. The van der Waals surface area contributed by atoms with Gasteiger partial charge in [0.15, 0.2) is 5.11 Å². The van der Waals surface area contributed by atoms with Gasteiger partial charge in [0, 0.05) is 37.9 Å². The lowest BCUT2D eigenvalue weighted by Gasteiger charge is -2.41. The molecule has 1 heterocycles. The Hall–Kier alpha value is -2.15. The number of thiocarbonyl (C=S) groups is 1. The number of nitrogens with one attached hydrogen (secondary N) is 2. The lowest BCUT2D eigenvalue weighted by Crippen LogP contribution is -2.52. The molecule has 0 bridgehead atoms. The van der Waals surface area contributed by atoms with E-state index in [2.05, 4.69) is 64.7 Å². The van der Waals surface area contributed by atoms with Gasteiger partial charge >= 0.3 is 0 Å². The average Bonchev–Trinajstić information content (AvgIpc) is 2.71. The summed E-state index contributed by atoms with van der Waals surface area (Å²) in [5.41, 5.74) is 2.26. The van der Waals surface area contributed by atoms with E-state index in [0.717, 1.165) is 37.6 Å². The highest BCUT2D eigenvalue weighted by Crippen LogP contribution is 2.26. The van der Waals surface area contributed by atoms with Crippen LogP contribution in [0.15, 0.2) is 54.6 Å². The van der Waals surface area contributed by atoms with Crippen LogP contribution in [-0.2, 0) is 0 Å². The molecule has 6 heteroatoms. The summed E-state index contributed by atoms with van der Waals surface area (Å²) in [6.45, 7) is 6.49. The lowest BCUT2D eigenvalue weighted by atomic mass is 9.98. The monoisotopic (exact) mass is 398 g/mol. The number of piperazine rings is 1. The van der Waals surface area contributed by atoms with Gasteiger partial charge in [-0.3, -0.25) is 4.90 Å². The number of methoxy groups -OCH3 is 1. The molecule has 1 fully saturated rings. The molecule has 0 amide bonds. The fourth-order valence-electron chi connectivity index (χ4n) is 3.69. The number of nitrogens with zero attached hydrogens (tertiary/aromatic N) is 2. The fourth-order valence-corrected chi connectivity index (χ4v) is 4.00. The summed E-state index contributed by atoms with van der Waals surface area (Å²) in [5, 5.41) is 7.41. The standard InChI is InChI=1S/C22H30N4OS/c1-17(23-22(28)24-19-9-11-20(27-3)12-10-19)21(18-7-5-4-6-8-18)26-15-13-25(2)14-16-26/h4-12,17,21H,13-16H2,1-3H3,(H2,23,24,28)/t17-,21+/m1/s1. The highest BCUT2D eigenvalue weighted by molar-refractivity contribution is 7.80. The first kappa shape index (κ1) is 20.6. The molecule has 28 heavy (non-hydrogen) atoms. The molecule has 0 radical (unpaired) electrons. The van der Waals surface area contributed by atoms with Crippen molar-refractivity contribution in [1.82, 2.24) is 15.1 Å². The van der Waals surface area contributed by atoms with Gasteiger partial charge in [0.25, 0.3) is 0 Å². The van der Waals surface area contributed by atoms with Gasteiger partial charge in [-0.15, -0.1) is 0 Å². The van der Waals surface area contributed by atoms with E-state index in [1.165, 1.54) is 5.56 Å². The molecule has 150 valence electrons. The Morgan fingerprint density at radius 2 is 1.64 bits per heavy atom. The fraction of sp³-hybridized carbons (Fsp3) is 0.409. The van der Waals surface area contributed by atoms with Gasteiger partial charge in [-0.2, -0.15) is 0 Å². The number of hydrogen-bond donors (Lipinski definition) is 2. The molecule has 2 aromatic rings. The molecule has 0 aliphatic carbocycles. The zero-order valence-corrected chi connectivity index (χ0v) is 17.7. The Morgan fingerprint density at radius 3 is 2.25 bits per heavy atom. The summed E-state index contributed by atoms with van der Waals surface area (Å²) in [6, 6.07) is 18.9. The van der Waals surface area contributed by atoms with Crippen molar-refractivity contribution < 1.29 is 4.74 Å². The van der Waals surface area contributed by atoms with E-state index in [4.69, 9.17) is 17.0 Å². The van der Waals surface area contributed by atoms with Crippen LogP contribution in [0.4, 0.5) is 5.69 Å². The van der Waals surface area contributed by atoms with Crippen molar-refractivity contribution in [3.63, 3.8) is 0 Å². The van der Waals surface area contributed by atoms with Gasteiger partial charge in [-0.25, -0.2) is 0 Å². The van der Waals surface area contributed by atoms with Crippen molar-refractivity contribution >= 4 is 23.0 Å². The Balaban J connectivity index is 1.67. The number of rotatable bonds is 6. The topological polar surface area (TPSA) is 39.8 Å². The smallest absolute Gasteiger partial charge is 0.171 e. The van der Waals surface area contributed by atoms with E-state index in [0.29, 0.717) is 5.11 Å². The predicted molar refractivity (Wildman–Crippen MR) is 120 cm³/mol. The summed E-state index contributed by atoms with van der Waals surface area (Å²) >= 11 is 5.58. The minimum absolute atomic E-state index is 0.170. The van der Waals surface area contributed by atoms with Crippen LogP contribution in [0.2, 0.25) is 0 Å². The van der Waals surface area contributed by atoms with E-state index in [1.807, 2.05) is 24.3 Å². The summed E-state index contributed by atoms with van der Waals surface area (Å²) in [7, 11) is 3.85. The number of hydrogen-bond acceptors (Lipinski definition) is 4. The first-order valence-electron chi connectivity index (χ1n) is 9.76. The zero-order chi connectivity index (χ0) is 19.9. The Kier molecular flexibility index (Phi) is 7.25. The van der Waals surface area contributed by atoms with Crippen LogP contribution < -0.4 is 15.4 Å². The molecular weight excluding hydrogens is 368 g/mol. The van der Waals surface area contributed by atoms with Gasteiger partial charge in [-0.1, -0.05) is 30.3 Å². The summed E-state index contributed by atoms with van der Waals surface area (Å²) in [5.74, 6) is 0.831. The van der Waals surface area contributed by atoms with Gasteiger partial charge in [0.2, 0.25) is 0 Å². The van der Waals surface area contributed by atoms with Crippen molar-refractivity contribution in [3.8, 4) is 5.75 Å². The van der Waals surface area contributed by atoms with E-state index < -0.39 is 0 Å². The number of benzene rings is 2. The quantitative estimate of drug-likeness (QED) is 0.727. The van der Waals surface area contributed by atoms with Crippen molar-refractivity contribution in [3.05, 3.63) is 60.2 Å². The molecule has 1 saturated heterocycles. The third kappa shape index (κ3) is 5.44. The number of anilines is 1. The second-order valence-corrected chi connectivity index (χ2v) is 7.72. The van der Waals surface area contributed by atoms with Crippen molar-refractivity contribution in [2.75, 3.05) is 45.7 Å². The average molecular weight is 399 g/mol. The van der Waals surface area contributed by atoms with E-state index in [9.17, 15) is 0 Å². The predicted octanol–water partition coefficient (Wildman–Crippen LogP) is 3.36. The van der Waals surface area contributed by atoms with Crippen LogP contribution >= 0.6 is 12.2 Å². The van der Waals surface area contributed by atoms with Gasteiger partial charge in [0.1, 0.15) is 5.75 Å². The molecule has 1 aliphatic rings. The maximum absolute atomic E-state index is 5.58. The molecule has 2 N–H and O–H groups in total. The molecule has 0 saturated carbocycles. The first-order chi connectivity index (χ1) is 13.6. The van der Waals surface area contributed by atoms with Crippen molar-refractivity contribution in [1.29, 1.82) is 0 Å². The Labute approximate surface area is 173 Å². The van der Waals surface area contributed by atoms with Crippen LogP contribution in [0.3, 0.4) is 0 Å². The van der Waals surface area contributed by atoms with Crippen LogP contribution in [0.5, 0.6) is 5.75 Å². The van der Waals surface area contributed by atoms with Gasteiger partial charge < -0.3 is 20.3 Å². The molecule has 5 nitrogen and oxygen atoms in total. The molecule has 0 unspecified atom stereocenters. The SMILES string of the molecule is COc1ccc(NC(=S)N[C@H](C)[C@@H](c2ccccc2)N2CCN(C)CC2)cc1. The Bertz CT molecular complexity index is 745. The highest BCUT2D eigenvalue weighted by Gasteiger charge is 2.28. The van der Waals surface area contributed by atoms with Crippen LogP contribution in [-0.4, -0.2) is 61.3 Å². The van der Waals surface area contributed by atoms with Crippen LogP contribution in [0.1, 0.15) is 18.5 Å². The van der Waals surface area contributed by atoms with Gasteiger partial charge in [0.05, 0.1) is 13.2 Å². The molecule has 2 aromatic carbocycles. The van der Waals surface area contributed by atoms with Crippen LogP contribution in [0, 0.1) is 0 Å². The van der Waals surface area contributed by atoms with E-state index in [1.54, 1.807) is 7.11 Å². The molecular formula is C22H30N4OS. The molecule has 0 spiro atoms. The summed E-state index contributed by atoms with van der Waals surface area (Å²) in [4.78, 5) is 4.94. The van der Waals surface area contributed by atoms with E-state index >= 15 is 0 Å². The second kappa shape index (κ2) is 9.87. The minimum atomic E-state index is 0.170. The zero-order valence-electron chi connectivity index (χ0n) is 16.9. The van der Waals surface area contributed by atoms with Crippen molar-refractivity contribution in [2.45, 2.75) is 19.0 Å². The summed E-state index contributed by atoms with van der Waals surface area (Å²) in [6.07, 6.45) is 0. The normalized spacial score (nSPS) is 17.5. The highest BCUT2D eigenvalue weighted by atomic mass is 32.1. The molecule has 1 aliphatic heterocycles. The second-order valence-electron chi connectivity index (χ2n) is 7.31. The van der Waals surface area contributed by atoms with Gasteiger partial charge in [-0.05, 0) is 56.0 Å². The molecule has 0 aromatic heterocycles. The summed E-state index contributed by atoms with van der Waals surface area (Å²) < 4.78 is 5.21. The number of ether oxygens (including phenoxy) is 1. The van der Waals surface area contributed by atoms with Crippen LogP contribution in [0.25, 0.3) is 0 Å². The third-order valence-electron chi connectivity index (χ3n) is 5.25. The minimum Gasteiger partial charge on any atom is -0.497 e. The Morgan fingerprint density at radius 1 is 1.00 bits per heavy atom. The molecule has 3 rings (SSSR count). The maximum atomic E-state index is 5.58.